The van der Waals surface area contributed by atoms with Crippen molar-refractivity contribution in [2.45, 2.75) is 6.42 Å². The maximum atomic E-state index is 11.3. The molecule has 0 aromatic carbocycles. The third-order valence-corrected chi connectivity index (χ3v) is 2.83. The van der Waals surface area contributed by atoms with E-state index in [4.69, 9.17) is 0 Å². The van der Waals surface area contributed by atoms with Gasteiger partial charge in [0.15, 0.2) is 0 Å². The fraction of sp³-hybridized carbons (Fsp3) is 0.300. The van der Waals surface area contributed by atoms with Gasteiger partial charge >= 0.3 is 5.97 Å². The Bertz CT molecular complexity index is 329. The molecule has 0 amide bonds. The number of carbonyl (C=O) groups is 1. The van der Waals surface area contributed by atoms with Crippen LogP contribution >= 0.6 is 24.0 Å². The summed E-state index contributed by atoms with van der Waals surface area (Å²) in [6, 6.07) is 1.91. The molecule has 1 rings (SSSR count). The zero-order valence-corrected chi connectivity index (χ0v) is 9.61. The largest absolute Gasteiger partial charge is 0.465 e. The topological polar surface area (TPSA) is 26.3 Å². The molecular weight excluding hydrogens is 216 g/mol. The van der Waals surface area contributed by atoms with Gasteiger partial charge in [-0.1, -0.05) is 12.2 Å². The Morgan fingerprint density at radius 2 is 2.50 bits per heavy atom. The van der Waals surface area contributed by atoms with Crippen molar-refractivity contribution in [1.82, 2.24) is 0 Å². The van der Waals surface area contributed by atoms with Crippen LogP contribution in [0, 0.1) is 0 Å². The summed E-state index contributed by atoms with van der Waals surface area (Å²) >= 11 is 5.49. The lowest BCUT2D eigenvalue weighted by molar-refractivity contribution is 0.0606. The van der Waals surface area contributed by atoms with Gasteiger partial charge in [0.25, 0.3) is 0 Å². The Kier molecular flexibility index (Phi) is 4.76. The predicted molar refractivity (Wildman–Crippen MR) is 63.2 cm³/mol. The minimum atomic E-state index is -0.273. The molecule has 0 aliphatic rings. The average molecular weight is 228 g/mol. The van der Waals surface area contributed by atoms with Crippen LogP contribution in [0.25, 0.3) is 6.08 Å². The summed E-state index contributed by atoms with van der Waals surface area (Å²) in [5.41, 5.74) is 0.920. The second kappa shape index (κ2) is 5.88. The lowest BCUT2D eigenvalue weighted by Gasteiger charge is -1.96. The second-order valence-corrected chi connectivity index (χ2v) is 3.97. The minimum absolute atomic E-state index is 0.273. The van der Waals surface area contributed by atoms with Gasteiger partial charge in [-0.3, -0.25) is 0 Å². The smallest absolute Gasteiger partial charge is 0.348 e. The highest BCUT2D eigenvalue weighted by Crippen LogP contribution is 2.19. The van der Waals surface area contributed by atoms with Gasteiger partial charge in [-0.05, 0) is 29.2 Å². The summed E-state index contributed by atoms with van der Waals surface area (Å²) < 4.78 is 4.66. The van der Waals surface area contributed by atoms with E-state index in [0.29, 0.717) is 4.88 Å². The molecule has 0 spiro atoms. The Balaban J connectivity index is 2.77. The van der Waals surface area contributed by atoms with Crippen LogP contribution in [0.3, 0.4) is 0 Å². The maximum Gasteiger partial charge on any atom is 0.348 e. The molecule has 14 heavy (non-hydrogen) atoms. The second-order valence-electron chi connectivity index (χ2n) is 2.61. The van der Waals surface area contributed by atoms with Crippen molar-refractivity contribution >= 4 is 36.0 Å². The summed E-state index contributed by atoms with van der Waals surface area (Å²) in [6.45, 7) is 0. The van der Waals surface area contributed by atoms with Gasteiger partial charge in [-0.25, -0.2) is 4.79 Å². The first-order valence-corrected chi connectivity index (χ1v) is 5.74. The van der Waals surface area contributed by atoms with Crippen LogP contribution in [0.5, 0.6) is 0 Å². The molecule has 0 aliphatic heterocycles. The van der Waals surface area contributed by atoms with E-state index >= 15 is 0 Å². The zero-order chi connectivity index (χ0) is 10.4. The van der Waals surface area contributed by atoms with Crippen molar-refractivity contribution in [3.8, 4) is 0 Å². The van der Waals surface area contributed by atoms with Crippen LogP contribution in [0.15, 0.2) is 17.5 Å². The van der Waals surface area contributed by atoms with Crippen molar-refractivity contribution in [1.29, 1.82) is 0 Å². The zero-order valence-electron chi connectivity index (χ0n) is 7.90. The number of thiophene rings is 1. The van der Waals surface area contributed by atoms with Crippen LogP contribution in [0.2, 0.25) is 0 Å². The lowest BCUT2D eigenvalue weighted by Crippen LogP contribution is -1.99. The fourth-order valence-electron chi connectivity index (χ4n) is 0.994. The minimum Gasteiger partial charge on any atom is -0.465 e. The van der Waals surface area contributed by atoms with Gasteiger partial charge in [0.2, 0.25) is 0 Å². The van der Waals surface area contributed by atoms with Crippen LogP contribution in [0.1, 0.15) is 21.7 Å². The van der Waals surface area contributed by atoms with Crippen molar-refractivity contribution in [3.05, 3.63) is 28.0 Å². The van der Waals surface area contributed by atoms with Crippen molar-refractivity contribution in [2.75, 3.05) is 12.9 Å². The molecule has 2 nitrogen and oxygen atoms in total. The number of hydrogen-bond donors (Lipinski definition) is 1. The summed E-state index contributed by atoms with van der Waals surface area (Å²) in [5.74, 6) is 0.541. The van der Waals surface area contributed by atoms with E-state index in [-0.39, 0.29) is 5.97 Å². The molecule has 1 heterocycles. The SMILES string of the molecule is COC(=O)c1sccc1C=CCCS. The number of thiol groups is 1. The first-order valence-electron chi connectivity index (χ1n) is 4.22. The molecule has 0 fully saturated rings. The molecule has 4 heteroatoms. The highest BCUT2D eigenvalue weighted by Gasteiger charge is 2.10. The Hall–Kier alpha value is -0.740. The monoisotopic (exact) mass is 228 g/mol. The normalized spacial score (nSPS) is 10.7. The summed E-state index contributed by atoms with van der Waals surface area (Å²) in [5, 5.41) is 1.88. The molecule has 0 bridgehead atoms. The Labute approximate surface area is 93.0 Å². The molecule has 76 valence electrons. The number of carbonyl (C=O) groups excluding carboxylic acids is 1. The van der Waals surface area contributed by atoms with Crippen LogP contribution < -0.4 is 0 Å². The van der Waals surface area contributed by atoms with E-state index in [2.05, 4.69) is 17.4 Å². The number of rotatable bonds is 4. The summed E-state index contributed by atoms with van der Waals surface area (Å²) in [6.07, 6.45) is 4.83. The fourth-order valence-corrected chi connectivity index (χ4v) is 1.95. The quantitative estimate of drug-likeness (QED) is 0.633. The molecule has 0 unspecified atom stereocenters. The van der Waals surface area contributed by atoms with E-state index < -0.39 is 0 Å². The predicted octanol–water partition coefficient (Wildman–Crippen LogP) is 2.87. The standard InChI is InChI=1S/C10H12O2S2/c1-12-10(11)9-8(5-7-14-9)4-2-3-6-13/h2,4-5,7,13H,3,6H2,1H3. The number of esters is 1. The van der Waals surface area contributed by atoms with Gasteiger partial charge in [-0.2, -0.15) is 12.6 Å². The molecule has 0 aliphatic carbocycles. The molecule has 0 saturated carbocycles. The van der Waals surface area contributed by atoms with Crippen LogP contribution in [0.4, 0.5) is 0 Å². The van der Waals surface area contributed by atoms with Crippen molar-refractivity contribution < 1.29 is 9.53 Å². The van der Waals surface area contributed by atoms with Gasteiger partial charge in [0.05, 0.1) is 7.11 Å². The highest BCUT2D eigenvalue weighted by atomic mass is 32.1. The van der Waals surface area contributed by atoms with Gasteiger partial charge < -0.3 is 4.74 Å². The molecule has 0 N–H and O–H groups in total. The van der Waals surface area contributed by atoms with E-state index in [9.17, 15) is 4.79 Å². The van der Waals surface area contributed by atoms with Gasteiger partial charge in [-0.15, -0.1) is 11.3 Å². The van der Waals surface area contributed by atoms with E-state index in [1.807, 2.05) is 23.6 Å². The summed E-state index contributed by atoms with van der Waals surface area (Å²) in [7, 11) is 1.39. The molecular formula is C10H12O2S2. The van der Waals surface area contributed by atoms with E-state index in [1.54, 1.807) is 0 Å². The first kappa shape index (κ1) is 11.3. The average Bonchev–Trinajstić information content (AvgIpc) is 2.65. The summed E-state index contributed by atoms with van der Waals surface area (Å²) in [4.78, 5) is 11.9. The van der Waals surface area contributed by atoms with Crippen LogP contribution in [-0.4, -0.2) is 18.8 Å². The van der Waals surface area contributed by atoms with Crippen LogP contribution in [-0.2, 0) is 4.74 Å². The number of ether oxygens (including phenoxy) is 1. The lowest BCUT2D eigenvalue weighted by atomic mass is 10.2. The molecule has 0 atom stereocenters. The number of allylic oxidation sites excluding steroid dienone is 1. The molecule has 0 saturated heterocycles. The Morgan fingerprint density at radius 1 is 1.71 bits per heavy atom. The van der Waals surface area contributed by atoms with Gasteiger partial charge in [0.1, 0.15) is 4.88 Å². The number of hydrogen-bond acceptors (Lipinski definition) is 4. The van der Waals surface area contributed by atoms with E-state index in [0.717, 1.165) is 17.7 Å². The van der Waals surface area contributed by atoms with Crippen molar-refractivity contribution in [3.63, 3.8) is 0 Å². The molecule has 1 aromatic rings. The van der Waals surface area contributed by atoms with Crippen molar-refractivity contribution in [2.24, 2.45) is 0 Å². The third-order valence-electron chi connectivity index (χ3n) is 1.66. The molecule has 1 aromatic heterocycles. The Morgan fingerprint density at radius 3 is 3.14 bits per heavy atom. The third kappa shape index (κ3) is 2.89. The molecule has 0 radical (unpaired) electrons. The van der Waals surface area contributed by atoms with E-state index in [1.165, 1.54) is 18.4 Å². The maximum absolute atomic E-state index is 11.3. The number of methoxy groups -OCH3 is 1. The first-order chi connectivity index (χ1) is 6.79. The van der Waals surface area contributed by atoms with Gasteiger partial charge in [0, 0.05) is 0 Å². The highest BCUT2D eigenvalue weighted by molar-refractivity contribution is 7.80.